The van der Waals surface area contributed by atoms with Crippen LogP contribution in [0.4, 0.5) is 5.69 Å². The first-order valence-electron chi connectivity index (χ1n) is 12.1. The molecule has 0 saturated carbocycles. The van der Waals surface area contributed by atoms with Gasteiger partial charge in [-0.25, -0.2) is 0 Å². The van der Waals surface area contributed by atoms with Crippen LogP contribution in [0.15, 0.2) is 72.1 Å². The van der Waals surface area contributed by atoms with Crippen molar-refractivity contribution in [3.8, 4) is 5.75 Å². The maximum atomic E-state index is 6.69. The summed E-state index contributed by atoms with van der Waals surface area (Å²) in [6.45, 7) is 6.10. The van der Waals surface area contributed by atoms with Gasteiger partial charge in [0.1, 0.15) is 11.9 Å². The predicted octanol–water partition coefficient (Wildman–Crippen LogP) is 5.93. The van der Waals surface area contributed by atoms with Gasteiger partial charge in [0.15, 0.2) is 0 Å². The highest BCUT2D eigenvalue weighted by molar-refractivity contribution is 7.10. The second-order valence-corrected chi connectivity index (χ2v) is 9.99. The highest BCUT2D eigenvalue weighted by atomic mass is 32.1. The second-order valence-electron chi connectivity index (χ2n) is 9.01. The van der Waals surface area contributed by atoms with Crippen LogP contribution in [0.3, 0.4) is 0 Å². The minimum Gasteiger partial charge on any atom is -0.483 e. The molecule has 0 spiro atoms. The Hall–Kier alpha value is -2.34. The molecule has 0 aliphatic carbocycles. The minimum absolute atomic E-state index is 0.0696. The molecule has 0 unspecified atom stereocenters. The summed E-state index contributed by atoms with van der Waals surface area (Å²) in [7, 11) is 4.44. The van der Waals surface area contributed by atoms with Crippen LogP contribution >= 0.6 is 11.3 Å². The first-order chi connectivity index (χ1) is 16.1. The molecule has 0 radical (unpaired) electrons. The van der Waals surface area contributed by atoms with Crippen molar-refractivity contribution < 1.29 is 4.74 Å². The lowest BCUT2D eigenvalue weighted by molar-refractivity contribution is 0.115. The van der Waals surface area contributed by atoms with Crippen LogP contribution in [0.2, 0.25) is 0 Å². The van der Waals surface area contributed by atoms with Gasteiger partial charge in [-0.05, 0) is 69.2 Å². The summed E-state index contributed by atoms with van der Waals surface area (Å²) in [5.74, 6) is 0.990. The van der Waals surface area contributed by atoms with E-state index in [9.17, 15) is 0 Å². The van der Waals surface area contributed by atoms with Crippen molar-refractivity contribution in [2.45, 2.75) is 37.8 Å². The summed E-state index contributed by atoms with van der Waals surface area (Å²) in [6, 6.07) is 23.9. The zero-order valence-electron chi connectivity index (χ0n) is 20.2. The van der Waals surface area contributed by atoms with Crippen LogP contribution in [-0.2, 0) is 5.54 Å². The summed E-state index contributed by atoms with van der Waals surface area (Å²) in [5.41, 5.74) is 2.71. The molecule has 1 aliphatic rings. The van der Waals surface area contributed by atoms with Crippen molar-refractivity contribution in [3.63, 3.8) is 0 Å². The van der Waals surface area contributed by atoms with Gasteiger partial charge in [0.2, 0.25) is 0 Å². The molecule has 1 aliphatic heterocycles. The van der Waals surface area contributed by atoms with Crippen molar-refractivity contribution in [2.24, 2.45) is 0 Å². The number of para-hydroxylation sites is 2. The van der Waals surface area contributed by atoms with Crippen molar-refractivity contribution in [1.82, 2.24) is 10.2 Å². The third-order valence-corrected chi connectivity index (χ3v) is 7.89. The lowest BCUT2D eigenvalue weighted by Crippen LogP contribution is -2.50. The first-order valence-corrected chi connectivity index (χ1v) is 13.0. The summed E-state index contributed by atoms with van der Waals surface area (Å²) in [6.07, 6.45) is 3.21. The Kier molecular flexibility index (Phi) is 8.07. The standard InChI is InChI=1S/C28H37N3OS/c1-4-29-19-16-26(27-15-10-22-33-27)32-25-14-9-8-13-24(25)31-20-17-28(18-21-31,30(2)3)23-11-6-5-7-12-23/h5-15,22,26,29H,4,16-21H2,1-3H3/t26-/m1/s1. The van der Waals surface area contributed by atoms with Gasteiger partial charge in [0.05, 0.1) is 5.69 Å². The lowest BCUT2D eigenvalue weighted by Gasteiger charge is -2.47. The average Bonchev–Trinajstić information content (AvgIpc) is 3.39. The molecule has 0 amide bonds. The van der Waals surface area contributed by atoms with E-state index in [1.807, 2.05) is 0 Å². The van der Waals surface area contributed by atoms with Crippen LogP contribution in [0.5, 0.6) is 5.75 Å². The Morgan fingerprint density at radius 1 is 1.00 bits per heavy atom. The Morgan fingerprint density at radius 3 is 2.39 bits per heavy atom. The van der Waals surface area contributed by atoms with Crippen LogP contribution < -0.4 is 15.0 Å². The van der Waals surface area contributed by atoms with Crippen LogP contribution in [0.1, 0.15) is 42.7 Å². The summed E-state index contributed by atoms with van der Waals surface area (Å²) in [5, 5.41) is 5.59. The molecule has 1 N–H and O–H groups in total. The number of piperidine rings is 1. The molecule has 3 aromatic rings. The van der Waals surface area contributed by atoms with Crippen LogP contribution in [0, 0.1) is 0 Å². The van der Waals surface area contributed by atoms with Gasteiger partial charge in [0.25, 0.3) is 0 Å². The zero-order valence-corrected chi connectivity index (χ0v) is 21.0. The van der Waals surface area contributed by atoms with Gasteiger partial charge in [-0.3, -0.25) is 4.90 Å². The normalized spacial score (nSPS) is 16.7. The Morgan fingerprint density at radius 2 is 1.73 bits per heavy atom. The molecule has 1 saturated heterocycles. The highest BCUT2D eigenvalue weighted by Crippen LogP contribution is 2.41. The highest BCUT2D eigenvalue weighted by Gasteiger charge is 2.38. The number of thiophene rings is 1. The molecule has 1 fully saturated rings. The number of hydrogen-bond acceptors (Lipinski definition) is 5. The predicted molar refractivity (Wildman–Crippen MR) is 141 cm³/mol. The molecule has 2 heterocycles. The van der Waals surface area contributed by atoms with Gasteiger partial charge in [-0.15, -0.1) is 11.3 Å². The number of benzene rings is 2. The van der Waals surface area contributed by atoms with E-state index < -0.39 is 0 Å². The van der Waals surface area contributed by atoms with Gasteiger partial charge >= 0.3 is 0 Å². The van der Waals surface area contributed by atoms with Crippen molar-refractivity contribution in [1.29, 1.82) is 0 Å². The molecule has 4 rings (SSSR count). The lowest BCUT2D eigenvalue weighted by atomic mass is 9.79. The number of rotatable bonds is 10. The quantitative estimate of drug-likeness (QED) is 0.378. The minimum atomic E-state index is 0.0696. The monoisotopic (exact) mass is 463 g/mol. The molecule has 4 nitrogen and oxygen atoms in total. The third kappa shape index (κ3) is 5.43. The van der Waals surface area contributed by atoms with Gasteiger partial charge < -0.3 is 15.0 Å². The maximum absolute atomic E-state index is 6.69. The number of ether oxygens (including phenoxy) is 1. The molecule has 1 atom stereocenters. The van der Waals surface area contributed by atoms with E-state index in [4.69, 9.17) is 4.74 Å². The fourth-order valence-electron chi connectivity index (χ4n) is 4.98. The van der Waals surface area contributed by atoms with E-state index in [1.165, 1.54) is 16.1 Å². The molecule has 1 aromatic heterocycles. The smallest absolute Gasteiger partial charge is 0.143 e. The Balaban J connectivity index is 1.52. The molecular weight excluding hydrogens is 426 g/mol. The van der Waals surface area contributed by atoms with E-state index in [0.717, 1.165) is 51.2 Å². The Labute approximate surface area is 203 Å². The van der Waals surface area contributed by atoms with Crippen LogP contribution in [-0.4, -0.2) is 45.2 Å². The number of anilines is 1. The first kappa shape index (κ1) is 23.8. The zero-order chi connectivity index (χ0) is 23.1. The molecule has 176 valence electrons. The molecular formula is C28H37N3OS. The second kappa shape index (κ2) is 11.2. The van der Waals surface area contributed by atoms with E-state index in [1.54, 1.807) is 11.3 Å². The summed E-state index contributed by atoms with van der Waals surface area (Å²) in [4.78, 5) is 6.21. The number of nitrogens with zero attached hydrogens (tertiary/aromatic N) is 2. The molecule has 2 aromatic carbocycles. The maximum Gasteiger partial charge on any atom is 0.143 e. The SMILES string of the molecule is CCNCC[C@@H](Oc1ccccc1N1CCC(c2ccccc2)(N(C)C)CC1)c1cccs1. The molecule has 33 heavy (non-hydrogen) atoms. The third-order valence-electron chi connectivity index (χ3n) is 6.93. The van der Waals surface area contributed by atoms with E-state index in [0.29, 0.717) is 0 Å². The van der Waals surface area contributed by atoms with E-state index >= 15 is 0 Å². The van der Waals surface area contributed by atoms with Gasteiger partial charge in [-0.2, -0.15) is 0 Å². The van der Waals surface area contributed by atoms with Crippen LogP contribution in [0.25, 0.3) is 0 Å². The summed E-state index contributed by atoms with van der Waals surface area (Å²) >= 11 is 1.78. The average molecular weight is 464 g/mol. The fourth-order valence-corrected chi connectivity index (χ4v) is 5.76. The van der Waals surface area contributed by atoms with Crippen molar-refractivity contribution in [3.05, 3.63) is 82.6 Å². The van der Waals surface area contributed by atoms with E-state index in [2.05, 4.69) is 108 Å². The van der Waals surface area contributed by atoms with Crippen molar-refractivity contribution >= 4 is 17.0 Å². The topological polar surface area (TPSA) is 27.7 Å². The molecule has 0 bridgehead atoms. The Bertz CT molecular complexity index is 966. The summed E-state index contributed by atoms with van der Waals surface area (Å²) < 4.78 is 6.69. The molecule has 5 heteroatoms. The van der Waals surface area contributed by atoms with Gasteiger partial charge in [-0.1, -0.05) is 55.5 Å². The fraction of sp³-hybridized carbons (Fsp3) is 0.429. The van der Waals surface area contributed by atoms with Crippen molar-refractivity contribution in [2.75, 3.05) is 45.2 Å². The van der Waals surface area contributed by atoms with E-state index in [-0.39, 0.29) is 11.6 Å². The van der Waals surface area contributed by atoms with Gasteiger partial charge in [0, 0.05) is 29.9 Å². The largest absolute Gasteiger partial charge is 0.483 e. The number of nitrogens with one attached hydrogen (secondary N) is 1. The number of hydrogen-bond donors (Lipinski definition) is 1.